The molecule has 5 heterocycles. The number of aromatic nitrogens is 7. The van der Waals surface area contributed by atoms with Gasteiger partial charge in [-0.05, 0) is 31.0 Å². The molecule has 0 amide bonds. The second-order valence-corrected chi connectivity index (χ2v) is 7.48. The van der Waals surface area contributed by atoms with Gasteiger partial charge in [0.2, 0.25) is 0 Å². The molecule has 0 aliphatic carbocycles. The molecule has 1 aliphatic rings. The van der Waals surface area contributed by atoms with Crippen molar-refractivity contribution in [3.05, 3.63) is 65.1 Å². The van der Waals surface area contributed by atoms with Gasteiger partial charge >= 0.3 is 0 Å². The van der Waals surface area contributed by atoms with Crippen molar-refractivity contribution in [2.45, 2.75) is 32.0 Å². The van der Waals surface area contributed by atoms with Crippen LogP contribution in [0.15, 0.2) is 53.8 Å². The number of anilines is 1. The molecule has 1 unspecified atom stereocenters. The molecule has 0 bridgehead atoms. The molecule has 0 radical (unpaired) electrons. The van der Waals surface area contributed by atoms with Gasteiger partial charge in [-0.2, -0.15) is 19.7 Å². The molecule has 1 saturated heterocycles. The topological polar surface area (TPSA) is 103 Å². The fourth-order valence-corrected chi connectivity index (χ4v) is 4.05. The second kappa shape index (κ2) is 8.23. The lowest BCUT2D eigenvalue weighted by Crippen LogP contribution is -2.38. The largest absolute Gasteiger partial charge is 0.378 e. The van der Waals surface area contributed by atoms with Crippen LogP contribution in [0.4, 0.5) is 5.82 Å². The maximum Gasteiger partial charge on any atom is 0.266 e. The third-order valence-corrected chi connectivity index (χ3v) is 5.46. The standard InChI is InChI=1S/C21H22N8O2/c1-31-13-16-10-19(29-21(25-16)23-14-24-29)27-9-3-5-17(27)12-28-20(30)7-6-18(26-28)15-4-2-8-22-11-15/h2,4,6-8,10-11,14,17H,3,5,9,12-13H2,1H3. The first-order valence-electron chi connectivity index (χ1n) is 10.2. The quantitative estimate of drug-likeness (QED) is 0.465. The summed E-state index contributed by atoms with van der Waals surface area (Å²) >= 11 is 0. The Morgan fingerprint density at radius 3 is 3.03 bits per heavy atom. The number of hydrogen-bond donors (Lipinski definition) is 0. The first-order valence-corrected chi connectivity index (χ1v) is 10.2. The molecule has 0 aromatic carbocycles. The SMILES string of the molecule is COCc1cc(N2CCCC2Cn2nc(-c3cccnc3)ccc2=O)n2ncnc2n1. The summed E-state index contributed by atoms with van der Waals surface area (Å²) in [5, 5.41) is 8.95. The van der Waals surface area contributed by atoms with Crippen LogP contribution in [0.1, 0.15) is 18.5 Å². The van der Waals surface area contributed by atoms with E-state index in [2.05, 4.69) is 30.0 Å². The number of rotatable bonds is 6. The van der Waals surface area contributed by atoms with Crippen LogP contribution in [0.3, 0.4) is 0 Å². The minimum Gasteiger partial charge on any atom is -0.378 e. The van der Waals surface area contributed by atoms with Crippen LogP contribution in [0, 0.1) is 0 Å². The monoisotopic (exact) mass is 418 g/mol. The van der Waals surface area contributed by atoms with Gasteiger partial charge in [0, 0.05) is 43.7 Å². The number of pyridine rings is 1. The van der Waals surface area contributed by atoms with Crippen molar-refractivity contribution in [2.75, 3.05) is 18.6 Å². The van der Waals surface area contributed by atoms with Gasteiger partial charge in [-0.15, -0.1) is 0 Å². The third kappa shape index (κ3) is 3.77. The van der Waals surface area contributed by atoms with Crippen molar-refractivity contribution >= 4 is 11.6 Å². The number of fused-ring (bicyclic) bond motifs is 1. The molecule has 5 rings (SSSR count). The summed E-state index contributed by atoms with van der Waals surface area (Å²) in [7, 11) is 1.64. The molecule has 10 nitrogen and oxygen atoms in total. The first kappa shape index (κ1) is 19.3. The molecule has 4 aromatic heterocycles. The highest BCUT2D eigenvalue weighted by Gasteiger charge is 2.28. The Bertz CT molecular complexity index is 1250. The highest BCUT2D eigenvalue weighted by Crippen LogP contribution is 2.27. The number of ether oxygens (including phenoxy) is 1. The lowest BCUT2D eigenvalue weighted by Gasteiger charge is -2.27. The summed E-state index contributed by atoms with van der Waals surface area (Å²) < 4.78 is 8.54. The molecule has 10 heteroatoms. The fraction of sp³-hybridized carbons (Fsp3) is 0.333. The van der Waals surface area contributed by atoms with Gasteiger partial charge in [-0.25, -0.2) is 9.67 Å². The van der Waals surface area contributed by atoms with Crippen LogP contribution < -0.4 is 10.5 Å². The zero-order chi connectivity index (χ0) is 21.2. The Kier molecular flexibility index (Phi) is 5.13. The van der Waals surface area contributed by atoms with Crippen LogP contribution >= 0.6 is 0 Å². The van der Waals surface area contributed by atoms with Crippen molar-refractivity contribution in [3.63, 3.8) is 0 Å². The van der Waals surface area contributed by atoms with E-state index in [4.69, 9.17) is 4.74 Å². The van der Waals surface area contributed by atoms with E-state index in [1.165, 1.54) is 6.33 Å². The van der Waals surface area contributed by atoms with Crippen LogP contribution in [-0.2, 0) is 17.9 Å². The highest BCUT2D eigenvalue weighted by molar-refractivity contribution is 5.56. The minimum absolute atomic E-state index is 0.0968. The molecular formula is C21H22N8O2. The third-order valence-electron chi connectivity index (χ3n) is 5.46. The van der Waals surface area contributed by atoms with Crippen molar-refractivity contribution in [1.29, 1.82) is 0 Å². The van der Waals surface area contributed by atoms with E-state index in [-0.39, 0.29) is 11.6 Å². The lowest BCUT2D eigenvalue weighted by atomic mass is 10.2. The Hall–Kier alpha value is -3.66. The highest BCUT2D eigenvalue weighted by atomic mass is 16.5. The van der Waals surface area contributed by atoms with E-state index in [9.17, 15) is 4.79 Å². The normalized spacial score (nSPS) is 16.3. The number of hydrogen-bond acceptors (Lipinski definition) is 8. The summed E-state index contributed by atoms with van der Waals surface area (Å²) in [6.07, 6.45) is 6.92. The van der Waals surface area contributed by atoms with Crippen molar-refractivity contribution in [3.8, 4) is 11.3 Å². The molecule has 1 aliphatic heterocycles. The smallest absolute Gasteiger partial charge is 0.266 e. The van der Waals surface area contributed by atoms with Crippen LogP contribution in [0.5, 0.6) is 0 Å². The van der Waals surface area contributed by atoms with Gasteiger partial charge in [0.25, 0.3) is 11.3 Å². The molecule has 0 N–H and O–H groups in total. The molecule has 0 spiro atoms. The molecule has 158 valence electrons. The second-order valence-electron chi connectivity index (χ2n) is 7.48. The Morgan fingerprint density at radius 1 is 1.26 bits per heavy atom. The minimum atomic E-state index is -0.125. The molecule has 1 fully saturated rings. The molecule has 4 aromatic rings. The fourth-order valence-electron chi connectivity index (χ4n) is 4.05. The predicted molar refractivity (Wildman–Crippen MR) is 114 cm³/mol. The average Bonchev–Trinajstić information content (AvgIpc) is 3.45. The van der Waals surface area contributed by atoms with Gasteiger partial charge in [-0.3, -0.25) is 9.78 Å². The summed E-state index contributed by atoms with van der Waals surface area (Å²) in [4.78, 5) is 27.7. The van der Waals surface area contributed by atoms with Gasteiger partial charge in [0.15, 0.2) is 0 Å². The first-order chi connectivity index (χ1) is 15.2. The van der Waals surface area contributed by atoms with Gasteiger partial charge < -0.3 is 9.64 Å². The summed E-state index contributed by atoms with van der Waals surface area (Å²) in [6, 6.07) is 9.16. The van der Waals surface area contributed by atoms with E-state index in [1.807, 2.05) is 18.2 Å². The van der Waals surface area contributed by atoms with Crippen molar-refractivity contribution in [2.24, 2.45) is 0 Å². The van der Waals surface area contributed by atoms with E-state index in [0.717, 1.165) is 42.2 Å². The van der Waals surface area contributed by atoms with E-state index >= 15 is 0 Å². The summed E-state index contributed by atoms with van der Waals surface area (Å²) in [5.74, 6) is 1.43. The molecule has 1 atom stereocenters. The molecule has 0 saturated carbocycles. The zero-order valence-corrected chi connectivity index (χ0v) is 17.1. The number of methoxy groups -OCH3 is 1. The van der Waals surface area contributed by atoms with Crippen LogP contribution in [-0.4, -0.2) is 54.0 Å². The Labute approximate surface area is 178 Å². The van der Waals surface area contributed by atoms with E-state index in [0.29, 0.717) is 18.9 Å². The van der Waals surface area contributed by atoms with Gasteiger partial charge in [0.1, 0.15) is 12.1 Å². The zero-order valence-electron chi connectivity index (χ0n) is 17.1. The summed E-state index contributed by atoms with van der Waals surface area (Å²) in [6.45, 7) is 1.72. The van der Waals surface area contributed by atoms with Gasteiger partial charge in [0.05, 0.1) is 30.6 Å². The predicted octanol–water partition coefficient (Wildman–Crippen LogP) is 1.56. The maximum absolute atomic E-state index is 12.6. The average molecular weight is 418 g/mol. The van der Waals surface area contributed by atoms with E-state index < -0.39 is 0 Å². The molecule has 31 heavy (non-hydrogen) atoms. The van der Waals surface area contributed by atoms with Gasteiger partial charge in [-0.1, -0.05) is 0 Å². The summed E-state index contributed by atoms with van der Waals surface area (Å²) in [5.41, 5.74) is 2.27. The van der Waals surface area contributed by atoms with Crippen LogP contribution in [0.25, 0.3) is 17.0 Å². The van der Waals surface area contributed by atoms with Crippen molar-refractivity contribution < 1.29 is 4.74 Å². The van der Waals surface area contributed by atoms with Crippen LogP contribution in [0.2, 0.25) is 0 Å². The van der Waals surface area contributed by atoms with Crippen molar-refractivity contribution in [1.82, 2.24) is 34.3 Å². The maximum atomic E-state index is 12.6. The Balaban J connectivity index is 1.48. The van der Waals surface area contributed by atoms with E-state index in [1.54, 1.807) is 40.8 Å². The Morgan fingerprint density at radius 2 is 2.19 bits per heavy atom. The number of nitrogens with zero attached hydrogens (tertiary/aromatic N) is 8. The molecular weight excluding hydrogens is 396 g/mol. The lowest BCUT2D eigenvalue weighted by molar-refractivity contribution is 0.181.